The summed E-state index contributed by atoms with van der Waals surface area (Å²) in [6.07, 6.45) is 2.14. The van der Waals surface area contributed by atoms with Gasteiger partial charge >= 0.3 is 6.03 Å². The van der Waals surface area contributed by atoms with Gasteiger partial charge in [0.1, 0.15) is 5.75 Å². The second-order valence-corrected chi connectivity index (χ2v) is 5.20. The number of nitrogens with one attached hydrogen (secondary N) is 2. The fourth-order valence-electron chi connectivity index (χ4n) is 2.15. The van der Waals surface area contributed by atoms with E-state index in [1.165, 1.54) is 0 Å². The quantitative estimate of drug-likeness (QED) is 0.898. The summed E-state index contributed by atoms with van der Waals surface area (Å²) in [7, 11) is 1.55. The third-order valence-electron chi connectivity index (χ3n) is 3.22. The molecule has 20 heavy (non-hydrogen) atoms. The number of hydrogen-bond acceptors (Lipinski definition) is 3. The Morgan fingerprint density at radius 1 is 1.55 bits per heavy atom. The highest BCUT2D eigenvalue weighted by Crippen LogP contribution is 2.27. The predicted octanol–water partition coefficient (Wildman–Crippen LogP) is 2.90. The van der Waals surface area contributed by atoms with Gasteiger partial charge in [-0.25, -0.2) is 4.79 Å². The van der Waals surface area contributed by atoms with Gasteiger partial charge in [-0.3, -0.25) is 0 Å². The summed E-state index contributed by atoms with van der Waals surface area (Å²) in [5.41, 5.74) is 0.553. The molecule has 0 saturated carbocycles. The number of anilines is 1. The van der Waals surface area contributed by atoms with Crippen molar-refractivity contribution in [2.24, 2.45) is 5.92 Å². The van der Waals surface area contributed by atoms with Crippen LogP contribution in [-0.2, 0) is 4.74 Å². The molecule has 2 N–H and O–H groups in total. The van der Waals surface area contributed by atoms with Crippen LogP contribution in [0.2, 0.25) is 5.02 Å². The fraction of sp³-hybridized carbons (Fsp3) is 0.500. The molecule has 0 unspecified atom stereocenters. The van der Waals surface area contributed by atoms with E-state index in [1.807, 2.05) is 0 Å². The van der Waals surface area contributed by atoms with Crippen LogP contribution in [0.4, 0.5) is 10.5 Å². The lowest BCUT2D eigenvalue weighted by Gasteiger charge is -2.22. The lowest BCUT2D eigenvalue weighted by Crippen LogP contribution is -2.35. The van der Waals surface area contributed by atoms with Crippen LogP contribution >= 0.6 is 11.6 Å². The normalized spacial score (nSPS) is 18.4. The van der Waals surface area contributed by atoms with Crippen LogP contribution in [0.25, 0.3) is 0 Å². The van der Waals surface area contributed by atoms with Gasteiger partial charge in [0.25, 0.3) is 0 Å². The van der Waals surface area contributed by atoms with Crippen LogP contribution in [-0.4, -0.2) is 32.9 Å². The second kappa shape index (κ2) is 7.36. The Hall–Kier alpha value is -1.46. The van der Waals surface area contributed by atoms with Gasteiger partial charge in [-0.15, -0.1) is 0 Å². The van der Waals surface area contributed by atoms with E-state index in [1.54, 1.807) is 25.3 Å². The van der Waals surface area contributed by atoms with Crippen molar-refractivity contribution in [3.05, 3.63) is 23.2 Å². The maximum atomic E-state index is 11.9. The Bertz CT molecular complexity index is 462. The van der Waals surface area contributed by atoms with Gasteiger partial charge in [0, 0.05) is 18.2 Å². The summed E-state index contributed by atoms with van der Waals surface area (Å²) in [5, 5.41) is 6.13. The van der Waals surface area contributed by atoms with Crippen molar-refractivity contribution in [1.29, 1.82) is 0 Å². The molecule has 1 saturated heterocycles. The molecule has 1 aliphatic rings. The van der Waals surface area contributed by atoms with Gasteiger partial charge in [0.2, 0.25) is 0 Å². The standard InChI is InChI=1S/C14H19ClN2O3/c1-19-13-5-4-11(15)7-12(13)17-14(18)16-8-10-3-2-6-20-9-10/h4-5,7,10H,2-3,6,8-9H2,1H3,(H2,16,17,18)/t10-/m1/s1. The first-order valence-electron chi connectivity index (χ1n) is 6.65. The van der Waals surface area contributed by atoms with E-state index < -0.39 is 0 Å². The summed E-state index contributed by atoms with van der Waals surface area (Å²) in [6.45, 7) is 2.14. The number of halogens is 1. The highest BCUT2D eigenvalue weighted by molar-refractivity contribution is 6.31. The Morgan fingerprint density at radius 2 is 2.40 bits per heavy atom. The summed E-state index contributed by atoms with van der Waals surface area (Å²) in [5.74, 6) is 0.960. The summed E-state index contributed by atoms with van der Waals surface area (Å²) in [6, 6.07) is 4.82. The largest absolute Gasteiger partial charge is 0.495 e. The van der Waals surface area contributed by atoms with Crippen molar-refractivity contribution in [2.45, 2.75) is 12.8 Å². The summed E-state index contributed by atoms with van der Waals surface area (Å²) < 4.78 is 10.6. The third-order valence-corrected chi connectivity index (χ3v) is 3.45. The van der Waals surface area contributed by atoms with Gasteiger partial charge < -0.3 is 20.1 Å². The Kier molecular flexibility index (Phi) is 5.49. The number of amides is 2. The Morgan fingerprint density at radius 3 is 3.10 bits per heavy atom. The van der Waals surface area contributed by atoms with Crippen molar-refractivity contribution in [3.63, 3.8) is 0 Å². The zero-order chi connectivity index (χ0) is 14.4. The van der Waals surface area contributed by atoms with E-state index in [0.29, 0.717) is 35.5 Å². The third kappa shape index (κ3) is 4.28. The average Bonchev–Trinajstić information content (AvgIpc) is 2.46. The molecule has 0 bridgehead atoms. The molecule has 1 aromatic rings. The van der Waals surface area contributed by atoms with Gasteiger partial charge in [0.05, 0.1) is 19.4 Å². The van der Waals surface area contributed by atoms with Crippen molar-refractivity contribution < 1.29 is 14.3 Å². The topological polar surface area (TPSA) is 59.6 Å². The fourth-order valence-corrected chi connectivity index (χ4v) is 2.32. The van der Waals surface area contributed by atoms with Crippen LogP contribution in [0.1, 0.15) is 12.8 Å². The molecule has 1 aliphatic heterocycles. The number of rotatable bonds is 4. The SMILES string of the molecule is COc1ccc(Cl)cc1NC(=O)NC[C@H]1CCCOC1. The van der Waals surface area contributed by atoms with Gasteiger partial charge in [-0.05, 0) is 37.0 Å². The van der Waals surface area contributed by atoms with E-state index in [-0.39, 0.29) is 6.03 Å². The Labute approximate surface area is 123 Å². The molecule has 2 rings (SSSR count). The van der Waals surface area contributed by atoms with Crippen LogP contribution in [0.15, 0.2) is 18.2 Å². The molecule has 0 aliphatic carbocycles. The molecule has 5 nitrogen and oxygen atoms in total. The van der Waals surface area contributed by atoms with Gasteiger partial charge in [-0.2, -0.15) is 0 Å². The first-order chi connectivity index (χ1) is 9.69. The van der Waals surface area contributed by atoms with Crippen LogP contribution in [0.3, 0.4) is 0 Å². The number of ether oxygens (including phenoxy) is 2. The van der Waals surface area contributed by atoms with E-state index in [4.69, 9.17) is 21.1 Å². The van der Waals surface area contributed by atoms with Gasteiger partial charge in [-0.1, -0.05) is 11.6 Å². The number of carbonyl (C=O) groups is 1. The zero-order valence-corrected chi connectivity index (χ0v) is 12.2. The predicted molar refractivity (Wildman–Crippen MR) is 78.6 cm³/mol. The molecule has 1 atom stereocenters. The molecular formula is C14H19ClN2O3. The van der Waals surface area contributed by atoms with Gasteiger partial charge in [0.15, 0.2) is 0 Å². The number of benzene rings is 1. The highest BCUT2D eigenvalue weighted by Gasteiger charge is 2.15. The first-order valence-corrected chi connectivity index (χ1v) is 7.03. The first kappa shape index (κ1) is 14.9. The van der Waals surface area contributed by atoms with Crippen LogP contribution in [0.5, 0.6) is 5.75 Å². The van der Waals surface area contributed by atoms with Crippen LogP contribution in [0, 0.1) is 5.92 Å². The Balaban J connectivity index is 1.86. The van der Waals surface area contributed by atoms with E-state index in [2.05, 4.69) is 10.6 Å². The van der Waals surface area contributed by atoms with E-state index >= 15 is 0 Å². The van der Waals surface area contributed by atoms with E-state index in [0.717, 1.165) is 19.4 Å². The number of hydrogen-bond donors (Lipinski definition) is 2. The van der Waals surface area contributed by atoms with Crippen molar-refractivity contribution in [2.75, 3.05) is 32.2 Å². The second-order valence-electron chi connectivity index (χ2n) is 4.76. The smallest absolute Gasteiger partial charge is 0.319 e. The molecule has 1 heterocycles. The number of methoxy groups -OCH3 is 1. The lowest BCUT2D eigenvalue weighted by atomic mass is 10.0. The minimum atomic E-state index is -0.267. The zero-order valence-electron chi connectivity index (χ0n) is 11.4. The number of urea groups is 1. The summed E-state index contributed by atoms with van der Waals surface area (Å²) >= 11 is 5.91. The number of carbonyl (C=O) groups excluding carboxylic acids is 1. The van der Waals surface area contributed by atoms with E-state index in [9.17, 15) is 4.79 Å². The molecule has 1 aromatic carbocycles. The van der Waals surface area contributed by atoms with Crippen molar-refractivity contribution in [1.82, 2.24) is 5.32 Å². The molecule has 1 fully saturated rings. The molecule has 6 heteroatoms. The maximum Gasteiger partial charge on any atom is 0.319 e. The van der Waals surface area contributed by atoms with Crippen molar-refractivity contribution >= 4 is 23.3 Å². The average molecular weight is 299 g/mol. The van der Waals surface area contributed by atoms with Crippen LogP contribution < -0.4 is 15.4 Å². The molecule has 0 spiro atoms. The van der Waals surface area contributed by atoms with Crippen molar-refractivity contribution in [3.8, 4) is 5.75 Å². The minimum Gasteiger partial charge on any atom is -0.495 e. The highest BCUT2D eigenvalue weighted by atomic mass is 35.5. The lowest BCUT2D eigenvalue weighted by molar-refractivity contribution is 0.0559. The maximum absolute atomic E-state index is 11.9. The summed E-state index contributed by atoms with van der Waals surface area (Å²) in [4.78, 5) is 11.9. The molecule has 110 valence electrons. The monoisotopic (exact) mass is 298 g/mol. The minimum absolute atomic E-state index is 0.267. The molecular weight excluding hydrogens is 280 g/mol. The molecule has 2 amide bonds. The molecule has 0 radical (unpaired) electrons. The molecule has 0 aromatic heterocycles.